The van der Waals surface area contributed by atoms with E-state index in [1.165, 1.54) is 11.3 Å². The number of hydrogen-bond donors (Lipinski definition) is 0. The number of hydrogen-bond acceptors (Lipinski definition) is 4. The molecule has 1 aromatic heterocycles. The SMILES string of the molecule is CCOC(=O)Cn1c(=NC(=O)c2ccc(C(C)(C)C)cc2)sc2cc(C)cc(C)c21. The van der Waals surface area contributed by atoms with Gasteiger partial charge in [-0.15, -0.1) is 0 Å². The van der Waals surface area contributed by atoms with Crippen molar-refractivity contribution in [2.75, 3.05) is 6.61 Å². The van der Waals surface area contributed by atoms with E-state index in [4.69, 9.17) is 4.74 Å². The van der Waals surface area contributed by atoms with Gasteiger partial charge < -0.3 is 9.30 Å². The Bertz CT molecular complexity index is 1160. The molecule has 0 unspecified atom stereocenters. The molecule has 0 saturated heterocycles. The molecule has 0 aliphatic rings. The van der Waals surface area contributed by atoms with Crippen LogP contribution in [0, 0.1) is 13.8 Å². The van der Waals surface area contributed by atoms with Crippen molar-refractivity contribution >= 4 is 33.4 Å². The summed E-state index contributed by atoms with van der Waals surface area (Å²) in [6, 6.07) is 11.7. The second-order valence-electron chi connectivity index (χ2n) is 8.45. The maximum absolute atomic E-state index is 12.9. The van der Waals surface area contributed by atoms with Gasteiger partial charge in [-0.05, 0) is 61.1 Å². The van der Waals surface area contributed by atoms with Crippen LogP contribution in [0.2, 0.25) is 0 Å². The molecule has 2 aromatic carbocycles. The highest BCUT2D eigenvalue weighted by molar-refractivity contribution is 7.16. The van der Waals surface area contributed by atoms with E-state index >= 15 is 0 Å². The van der Waals surface area contributed by atoms with E-state index in [-0.39, 0.29) is 23.8 Å². The molecule has 0 atom stereocenters. The van der Waals surface area contributed by atoms with Crippen LogP contribution in [0.3, 0.4) is 0 Å². The van der Waals surface area contributed by atoms with Crippen LogP contribution in [0.15, 0.2) is 41.4 Å². The van der Waals surface area contributed by atoms with E-state index in [2.05, 4.69) is 37.9 Å². The molecule has 0 aliphatic carbocycles. The van der Waals surface area contributed by atoms with Crippen molar-refractivity contribution < 1.29 is 14.3 Å². The summed E-state index contributed by atoms with van der Waals surface area (Å²) in [5, 5.41) is 0. The first kappa shape index (κ1) is 22.0. The van der Waals surface area contributed by atoms with Crippen LogP contribution < -0.4 is 4.80 Å². The number of ether oxygens (including phenoxy) is 1. The minimum atomic E-state index is -0.347. The largest absolute Gasteiger partial charge is 0.465 e. The molecule has 6 heteroatoms. The molecular weight excluding hydrogens is 396 g/mol. The van der Waals surface area contributed by atoms with Crippen molar-refractivity contribution in [1.82, 2.24) is 4.57 Å². The van der Waals surface area contributed by atoms with E-state index in [1.54, 1.807) is 11.5 Å². The monoisotopic (exact) mass is 424 g/mol. The number of carbonyl (C=O) groups is 2. The smallest absolute Gasteiger partial charge is 0.326 e. The molecule has 0 radical (unpaired) electrons. The lowest BCUT2D eigenvalue weighted by molar-refractivity contribution is -0.143. The molecule has 0 fully saturated rings. The highest BCUT2D eigenvalue weighted by atomic mass is 32.1. The van der Waals surface area contributed by atoms with E-state index in [9.17, 15) is 9.59 Å². The first-order chi connectivity index (χ1) is 14.1. The molecule has 158 valence electrons. The van der Waals surface area contributed by atoms with E-state index in [0.717, 1.165) is 26.9 Å². The maximum atomic E-state index is 12.9. The summed E-state index contributed by atoms with van der Waals surface area (Å²) >= 11 is 1.41. The molecule has 0 bridgehead atoms. The molecular formula is C24H28N2O3S. The lowest BCUT2D eigenvalue weighted by atomic mass is 9.87. The lowest BCUT2D eigenvalue weighted by Crippen LogP contribution is -2.23. The topological polar surface area (TPSA) is 60.7 Å². The number of thiazole rings is 1. The third-order valence-electron chi connectivity index (χ3n) is 4.90. The quantitative estimate of drug-likeness (QED) is 0.559. The number of aromatic nitrogens is 1. The zero-order chi connectivity index (χ0) is 22.1. The van der Waals surface area contributed by atoms with Crippen LogP contribution in [0.1, 0.15) is 54.7 Å². The molecule has 0 spiro atoms. The molecule has 1 heterocycles. The zero-order valence-corrected chi connectivity index (χ0v) is 19.2. The van der Waals surface area contributed by atoms with E-state index in [0.29, 0.717) is 17.0 Å². The average molecular weight is 425 g/mol. The van der Waals surface area contributed by atoms with Crippen LogP contribution in [0.5, 0.6) is 0 Å². The fourth-order valence-corrected chi connectivity index (χ4v) is 4.63. The summed E-state index contributed by atoms with van der Waals surface area (Å²) in [4.78, 5) is 30.0. The standard InChI is InChI=1S/C24H28N2O3S/c1-7-29-20(27)14-26-21-16(3)12-15(2)13-19(21)30-23(26)25-22(28)17-8-10-18(11-9-17)24(4,5)6/h8-13H,7,14H2,1-6H3. The van der Waals surface area contributed by atoms with Gasteiger partial charge in [0.2, 0.25) is 0 Å². The Morgan fingerprint density at radius 3 is 2.37 bits per heavy atom. The molecule has 0 aliphatic heterocycles. The third-order valence-corrected chi connectivity index (χ3v) is 5.92. The summed E-state index contributed by atoms with van der Waals surface area (Å²) in [6.45, 7) is 12.5. The molecule has 0 saturated carbocycles. The fraction of sp³-hybridized carbons (Fsp3) is 0.375. The highest BCUT2D eigenvalue weighted by Gasteiger charge is 2.16. The van der Waals surface area contributed by atoms with Gasteiger partial charge >= 0.3 is 5.97 Å². The second kappa shape index (κ2) is 8.56. The summed E-state index contributed by atoms with van der Waals surface area (Å²) in [7, 11) is 0. The van der Waals surface area contributed by atoms with Crippen molar-refractivity contribution in [3.05, 3.63) is 63.5 Å². The van der Waals surface area contributed by atoms with Gasteiger partial charge in [-0.25, -0.2) is 0 Å². The van der Waals surface area contributed by atoms with Crippen molar-refractivity contribution in [3.8, 4) is 0 Å². The molecule has 30 heavy (non-hydrogen) atoms. The van der Waals surface area contributed by atoms with E-state index < -0.39 is 0 Å². The number of benzene rings is 2. The minimum Gasteiger partial charge on any atom is -0.465 e. The number of aryl methyl sites for hydroxylation is 2. The van der Waals surface area contributed by atoms with E-state index in [1.807, 2.05) is 38.1 Å². The molecule has 3 aromatic rings. The molecule has 1 amide bonds. The summed E-state index contributed by atoms with van der Waals surface area (Å²) in [5.41, 5.74) is 4.77. The third kappa shape index (κ3) is 4.70. The van der Waals surface area contributed by atoms with Gasteiger partial charge in [0, 0.05) is 5.56 Å². The Kier molecular flexibility index (Phi) is 6.27. The number of rotatable bonds is 4. The Hall–Kier alpha value is -2.73. The van der Waals surface area contributed by atoms with Gasteiger partial charge in [-0.3, -0.25) is 9.59 Å². The Balaban J connectivity index is 2.09. The number of esters is 1. The number of amides is 1. The predicted octanol–water partition coefficient (Wildman–Crippen LogP) is 4.92. The van der Waals surface area contributed by atoms with Crippen molar-refractivity contribution in [2.45, 2.75) is 53.5 Å². The van der Waals surface area contributed by atoms with Gasteiger partial charge in [0.1, 0.15) is 6.54 Å². The molecule has 0 N–H and O–H groups in total. The lowest BCUT2D eigenvalue weighted by Gasteiger charge is -2.18. The highest BCUT2D eigenvalue weighted by Crippen LogP contribution is 2.24. The fourth-order valence-electron chi connectivity index (χ4n) is 3.42. The number of fused-ring (bicyclic) bond motifs is 1. The van der Waals surface area contributed by atoms with Crippen LogP contribution in [0.25, 0.3) is 10.2 Å². The Morgan fingerprint density at radius 1 is 1.10 bits per heavy atom. The summed E-state index contributed by atoms with van der Waals surface area (Å²) in [6.07, 6.45) is 0. The van der Waals surface area contributed by atoms with Crippen molar-refractivity contribution in [1.29, 1.82) is 0 Å². The first-order valence-corrected chi connectivity index (χ1v) is 10.9. The average Bonchev–Trinajstić information content (AvgIpc) is 2.98. The van der Waals surface area contributed by atoms with Gasteiger partial charge in [-0.2, -0.15) is 4.99 Å². The molecule has 5 nitrogen and oxygen atoms in total. The zero-order valence-electron chi connectivity index (χ0n) is 18.4. The normalized spacial score (nSPS) is 12.4. The summed E-state index contributed by atoms with van der Waals surface area (Å²) < 4.78 is 7.91. The van der Waals surface area contributed by atoms with Gasteiger partial charge in [0.25, 0.3) is 5.91 Å². The Morgan fingerprint density at radius 2 is 1.77 bits per heavy atom. The predicted molar refractivity (Wildman–Crippen MR) is 121 cm³/mol. The van der Waals surface area contributed by atoms with Crippen molar-refractivity contribution in [3.63, 3.8) is 0 Å². The Labute approximate surface area is 181 Å². The number of nitrogens with zero attached hydrogens (tertiary/aromatic N) is 2. The summed E-state index contributed by atoms with van der Waals surface area (Å²) in [5.74, 6) is -0.672. The molecule has 3 rings (SSSR count). The van der Waals surface area contributed by atoms with Crippen molar-refractivity contribution in [2.24, 2.45) is 4.99 Å². The minimum absolute atomic E-state index is 0.0161. The van der Waals surface area contributed by atoms with Crippen LogP contribution in [0.4, 0.5) is 0 Å². The van der Waals surface area contributed by atoms with Crippen LogP contribution in [-0.2, 0) is 21.5 Å². The first-order valence-electron chi connectivity index (χ1n) is 10.1. The maximum Gasteiger partial charge on any atom is 0.326 e. The second-order valence-corrected chi connectivity index (χ2v) is 9.46. The van der Waals surface area contributed by atoms with Gasteiger partial charge in [-0.1, -0.05) is 50.3 Å². The van der Waals surface area contributed by atoms with Crippen LogP contribution in [-0.4, -0.2) is 23.1 Å². The van der Waals surface area contributed by atoms with Gasteiger partial charge in [0.05, 0.1) is 16.8 Å². The van der Waals surface area contributed by atoms with Gasteiger partial charge in [0.15, 0.2) is 4.80 Å². The van der Waals surface area contributed by atoms with Crippen LogP contribution >= 0.6 is 11.3 Å². The number of carbonyl (C=O) groups excluding carboxylic acids is 2.